The molecule has 32 heavy (non-hydrogen) atoms. The Morgan fingerprint density at radius 1 is 1.25 bits per heavy atom. The second-order valence-electron chi connectivity index (χ2n) is 8.64. The van der Waals surface area contributed by atoms with E-state index in [1.165, 1.54) is 18.4 Å². The van der Waals surface area contributed by atoms with Gasteiger partial charge in [0.2, 0.25) is 0 Å². The summed E-state index contributed by atoms with van der Waals surface area (Å²) in [5.74, 6) is 1.91. The summed E-state index contributed by atoms with van der Waals surface area (Å²) >= 11 is 0. The van der Waals surface area contributed by atoms with E-state index in [1.807, 2.05) is 45.0 Å². The van der Waals surface area contributed by atoms with Crippen LogP contribution >= 0.6 is 0 Å². The molecule has 0 radical (unpaired) electrons. The van der Waals surface area contributed by atoms with E-state index in [9.17, 15) is 4.79 Å². The van der Waals surface area contributed by atoms with E-state index in [0.717, 1.165) is 47.8 Å². The highest BCUT2D eigenvalue weighted by Gasteiger charge is 2.19. The molecule has 1 aliphatic heterocycles. The SMILES string of the molecule is CCOc1ccc(Cc2nc3cc(NC(=O)NC(C)C)ccc3n2CC2CCCN2)cc1. The summed E-state index contributed by atoms with van der Waals surface area (Å²) in [4.78, 5) is 17.1. The summed E-state index contributed by atoms with van der Waals surface area (Å²) < 4.78 is 7.90. The summed E-state index contributed by atoms with van der Waals surface area (Å²) in [6.45, 7) is 8.50. The first-order valence-corrected chi connectivity index (χ1v) is 11.5. The van der Waals surface area contributed by atoms with Crippen molar-refractivity contribution >= 4 is 22.8 Å². The molecule has 2 amide bonds. The summed E-state index contributed by atoms with van der Waals surface area (Å²) in [6.07, 6.45) is 3.13. The van der Waals surface area contributed by atoms with Gasteiger partial charge in [0.05, 0.1) is 17.6 Å². The number of hydrogen-bond donors (Lipinski definition) is 3. The molecule has 1 unspecified atom stereocenters. The van der Waals surface area contributed by atoms with Gasteiger partial charge in [-0.05, 0) is 76.1 Å². The number of aromatic nitrogens is 2. The molecule has 1 saturated heterocycles. The number of rotatable bonds is 8. The number of fused-ring (bicyclic) bond motifs is 1. The van der Waals surface area contributed by atoms with Gasteiger partial charge in [0.25, 0.3) is 0 Å². The van der Waals surface area contributed by atoms with Crippen molar-refractivity contribution in [1.82, 2.24) is 20.2 Å². The molecule has 1 atom stereocenters. The van der Waals surface area contributed by atoms with Crippen LogP contribution in [0.2, 0.25) is 0 Å². The Morgan fingerprint density at radius 2 is 2.06 bits per heavy atom. The number of nitrogens with zero attached hydrogens (tertiary/aromatic N) is 2. The molecule has 2 heterocycles. The molecule has 4 rings (SSSR count). The van der Waals surface area contributed by atoms with Crippen LogP contribution in [0.3, 0.4) is 0 Å². The number of imidazole rings is 1. The maximum atomic E-state index is 12.1. The van der Waals surface area contributed by atoms with Crippen LogP contribution in [0.15, 0.2) is 42.5 Å². The first-order chi connectivity index (χ1) is 15.5. The minimum atomic E-state index is -0.205. The van der Waals surface area contributed by atoms with Crippen molar-refractivity contribution in [2.75, 3.05) is 18.5 Å². The van der Waals surface area contributed by atoms with Crippen molar-refractivity contribution in [3.05, 3.63) is 53.9 Å². The fourth-order valence-electron chi connectivity index (χ4n) is 4.21. The van der Waals surface area contributed by atoms with Crippen molar-refractivity contribution in [2.45, 2.75) is 58.7 Å². The van der Waals surface area contributed by atoms with Crippen LogP contribution in [0, 0.1) is 0 Å². The van der Waals surface area contributed by atoms with Gasteiger partial charge in [-0.25, -0.2) is 9.78 Å². The van der Waals surface area contributed by atoms with Crippen LogP contribution in [0.25, 0.3) is 11.0 Å². The number of amides is 2. The maximum Gasteiger partial charge on any atom is 0.319 e. The topological polar surface area (TPSA) is 80.2 Å². The van der Waals surface area contributed by atoms with Crippen LogP contribution in [0.1, 0.15) is 45.0 Å². The van der Waals surface area contributed by atoms with Gasteiger partial charge in [0.1, 0.15) is 11.6 Å². The average Bonchev–Trinajstić information content (AvgIpc) is 3.37. The van der Waals surface area contributed by atoms with Gasteiger partial charge in [-0.3, -0.25) is 0 Å². The standard InChI is InChI=1S/C25H33N5O2/c1-4-32-21-10-7-18(8-11-21)14-24-29-22-15-19(28-25(31)27-17(2)3)9-12-23(22)30(24)16-20-6-5-13-26-20/h7-12,15,17,20,26H,4-6,13-14,16H2,1-3H3,(H2,27,28,31). The molecule has 0 spiro atoms. The molecule has 3 aromatic rings. The predicted octanol–water partition coefficient (Wildman–Crippen LogP) is 4.31. The Kier molecular flexibility index (Phi) is 6.95. The second kappa shape index (κ2) is 10.0. The zero-order chi connectivity index (χ0) is 22.5. The number of urea groups is 1. The van der Waals surface area contributed by atoms with E-state index in [0.29, 0.717) is 12.6 Å². The van der Waals surface area contributed by atoms with E-state index in [1.54, 1.807) is 0 Å². The lowest BCUT2D eigenvalue weighted by Crippen LogP contribution is -2.34. The molecule has 7 nitrogen and oxygen atoms in total. The summed E-state index contributed by atoms with van der Waals surface area (Å²) in [6, 6.07) is 14.5. The van der Waals surface area contributed by atoms with E-state index in [4.69, 9.17) is 9.72 Å². The normalized spacial score (nSPS) is 15.9. The molecule has 170 valence electrons. The number of carbonyl (C=O) groups is 1. The number of nitrogens with one attached hydrogen (secondary N) is 3. The van der Waals surface area contributed by atoms with Crippen molar-refractivity contribution in [3.8, 4) is 5.75 Å². The lowest BCUT2D eigenvalue weighted by atomic mass is 10.1. The van der Waals surface area contributed by atoms with E-state index < -0.39 is 0 Å². The zero-order valence-corrected chi connectivity index (χ0v) is 19.1. The highest BCUT2D eigenvalue weighted by Crippen LogP contribution is 2.24. The van der Waals surface area contributed by atoms with E-state index >= 15 is 0 Å². The molecule has 7 heteroatoms. The third kappa shape index (κ3) is 5.40. The molecular formula is C25H33N5O2. The maximum absolute atomic E-state index is 12.1. The molecule has 0 saturated carbocycles. The molecule has 1 aromatic heterocycles. The summed E-state index contributed by atoms with van der Waals surface area (Å²) in [5.41, 5.74) is 3.92. The summed E-state index contributed by atoms with van der Waals surface area (Å²) in [5, 5.41) is 9.36. The Balaban J connectivity index is 1.61. The van der Waals surface area contributed by atoms with Crippen LogP contribution in [0.4, 0.5) is 10.5 Å². The number of anilines is 1. The van der Waals surface area contributed by atoms with Crippen LogP contribution in [0.5, 0.6) is 5.75 Å². The van der Waals surface area contributed by atoms with Gasteiger partial charge in [-0.15, -0.1) is 0 Å². The van der Waals surface area contributed by atoms with Crippen molar-refractivity contribution < 1.29 is 9.53 Å². The molecule has 1 fully saturated rings. The Hall–Kier alpha value is -3.06. The minimum absolute atomic E-state index is 0.0811. The zero-order valence-electron chi connectivity index (χ0n) is 19.1. The summed E-state index contributed by atoms with van der Waals surface area (Å²) in [7, 11) is 0. The third-order valence-corrected chi connectivity index (χ3v) is 5.67. The van der Waals surface area contributed by atoms with Crippen LogP contribution < -0.4 is 20.7 Å². The fraction of sp³-hybridized carbons (Fsp3) is 0.440. The smallest absolute Gasteiger partial charge is 0.319 e. The van der Waals surface area contributed by atoms with E-state index in [2.05, 4.69) is 38.7 Å². The molecule has 3 N–H and O–H groups in total. The molecular weight excluding hydrogens is 402 g/mol. The number of benzene rings is 2. The van der Waals surface area contributed by atoms with Crippen molar-refractivity contribution in [1.29, 1.82) is 0 Å². The van der Waals surface area contributed by atoms with Crippen LogP contribution in [-0.2, 0) is 13.0 Å². The highest BCUT2D eigenvalue weighted by atomic mass is 16.5. The average molecular weight is 436 g/mol. The van der Waals surface area contributed by atoms with E-state index in [-0.39, 0.29) is 12.1 Å². The highest BCUT2D eigenvalue weighted by molar-refractivity contribution is 5.92. The van der Waals surface area contributed by atoms with Crippen molar-refractivity contribution in [3.63, 3.8) is 0 Å². The second-order valence-corrected chi connectivity index (χ2v) is 8.64. The third-order valence-electron chi connectivity index (χ3n) is 5.67. The molecule has 0 aliphatic carbocycles. The Bertz CT molecular complexity index is 1050. The first-order valence-electron chi connectivity index (χ1n) is 11.5. The quantitative estimate of drug-likeness (QED) is 0.493. The Morgan fingerprint density at radius 3 is 2.75 bits per heavy atom. The Labute approximate surface area is 189 Å². The van der Waals surface area contributed by atoms with Gasteiger partial charge < -0.3 is 25.3 Å². The van der Waals surface area contributed by atoms with Gasteiger partial charge in [0.15, 0.2) is 0 Å². The number of hydrogen-bond acceptors (Lipinski definition) is 4. The van der Waals surface area contributed by atoms with Gasteiger partial charge in [-0.1, -0.05) is 12.1 Å². The lowest BCUT2D eigenvalue weighted by molar-refractivity contribution is 0.250. The number of ether oxygens (including phenoxy) is 1. The van der Waals surface area contributed by atoms with Gasteiger partial charge in [0, 0.05) is 30.7 Å². The largest absolute Gasteiger partial charge is 0.494 e. The lowest BCUT2D eigenvalue weighted by Gasteiger charge is -2.15. The van der Waals surface area contributed by atoms with Crippen molar-refractivity contribution in [2.24, 2.45) is 0 Å². The monoisotopic (exact) mass is 435 g/mol. The van der Waals surface area contributed by atoms with Gasteiger partial charge in [-0.2, -0.15) is 0 Å². The van der Waals surface area contributed by atoms with Gasteiger partial charge >= 0.3 is 6.03 Å². The molecule has 1 aliphatic rings. The first kappa shape index (κ1) is 22.1. The molecule has 2 aromatic carbocycles. The predicted molar refractivity (Wildman–Crippen MR) is 128 cm³/mol. The van der Waals surface area contributed by atoms with Crippen LogP contribution in [-0.4, -0.2) is 40.8 Å². The molecule has 0 bridgehead atoms. The minimum Gasteiger partial charge on any atom is -0.494 e. The number of carbonyl (C=O) groups excluding carboxylic acids is 1. The fourth-order valence-corrected chi connectivity index (χ4v) is 4.21.